The lowest BCUT2D eigenvalue weighted by Gasteiger charge is -2.54. The molecule has 3 nitrogen and oxygen atoms in total. The molecule has 16 heavy (non-hydrogen) atoms. The number of fused-ring (bicyclic) bond motifs is 3. The van der Waals surface area contributed by atoms with E-state index in [1.54, 1.807) is 6.92 Å². The fourth-order valence-corrected chi connectivity index (χ4v) is 2.73. The highest BCUT2D eigenvalue weighted by Gasteiger charge is 2.70. The smallest absolute Gasteiger partial charge is 0.324 e. The molecule has 0 amide bonds. The van der Waals surface area contributed by atoms with Gasteiger partial charge in [-0.1, -0.05) is 24.3 Å². The summed E-state index contributed by atoms with van der Waals surface area (Å²) in [6, 6.07) is 7.67. The van der Waals surface area contributed by atoms with Crippen molar-refractivity contribution in [1.82, 2.24) is 0 Å². The van der Waals surface area contributed by atoms with Crippen molar-refractivity contribution in [3.8, 4) is 0 Å². The Morgan fingerprint density at radius 1 is 1.19 bits per heavy atom. The van der Waals surface area contributed by atoms with Crippen LogP contribution in [0.15, 0.2) is 24.3 Å². The minimum absolute atomic E-state index is 0.0371. The summed E-state index contributed by atoms with van der Waals surface area (Å²) in [5.41, 5.74) is 0.189. The summed E-state index contributed by atoms with van der Waals surface area (Å²) in [5.74, 6) is -0.431. The Hall–Kier alpha value is -1.64. The van der Waals surface area contributed by atoms with E-state index in [2.05, 4.69) is 0 Å². The van der Waals surface area contributed by atoms with Crippen LogP contribution >= 0.6 is 0 Å². The highest BCUT2D eigenvalue weighted by Crippen LogP contribution is 2.56. The van der Waals surface area contributed by atoms with Gasteiger partial charge in [-0.2, -0.15) is 0 Å². The molecule has 1 aliphatic carbocycles. The maximum atomic E-state index is 12.1. The maximum Gasteiger partial charge on any atom is 0.324 e. The van der Waals surface area contributed by atoms with Gasteiger partial charge in [-0.15, -0.1) is 0 Å². The van der Waals surface area contributed by atoms with Crippen LogP contribution in [0.1, 0.15) is 25.0 Å². The molecule has 0 spiro atoms. The first-order valence-electron chi connectivity index (χ1n) is 5.35. The molecule has 3 heteroatoms. The third-order valence-corrected chi connectivity index (χ3v) is 4.10. The lowest BCUT2D eigenvalue weighted by molar-refractivity contribution is -0.237. The highest BCUT2D eigenvalue weighted by atomic mass is 16.6. The molecule has 1 fully saturated rings. The first-order chi connectivity index (χ1) is 7.50. The normalized spacial score (nSPS) is 35.9. The lowest BCUT2D eigenvalue weighted by Crippen LogP contribution is -2.67. The summed E-state index contributed by atoms with van der Waals surface area (Å²) in [5, 5.41) is 0. The second-order valence-electron chi connectivity index (χ2n) is 4.80. The van der Waals surface area contributed by atoms with Gasteiger partial charge in [-0.05, 0) is 19.4 Å². The number of Topliss-reactive ketones (excluding diaryl/α,β-unsaturated/α-hetero) is 1. The molecule has 0 bridgehead atoms. The number of hydrogen-bond donors (Lipinski definition) is 0. The van der Waals surface area contributed by atoms with Crippen molar-refractivity contribution in [2.24, 2.45) is 5.41 Å². The van der Waals surface area contributed by atoms with E-state index >= 15 is 0 Å². The number of carbonyl (C=O) groups is 2. The summed E-state index contributed by atoms with van der Waals surface area (Å²) in [6.45, 7) is 3.52. The molecule has 3 rings (SSSR count). The van der Waals surface area contributed by atoms with Crippen LogP contribution in [-0.2, 0) is 26.3 Å². The molecule has 2 unspecified atom stereocenters. The average molecular weight is 216 g/mol. The third kappa shape index (κ3) is 0.775. The number of ketones is 1. The fourth-order valence-electron chi connectivity index (χ4n) is 2.73. The standard InChI is InChI=1S/C13H12O3/c1-12-10(14)7-8-5-3-4-6-9(8)13(12,2)16-11(12)15/h3-6H,7H2,1-2H3. The Kier molecular flexibility index (Phi) is 1.52. The summed E-state index contributed by atoms with van der Waals surface area (Å²) < 4.78 is 5.27. The number of ether oxygens (including phenoxy) is 1. The predicted molar refractivity (Wildman–Crippen MR) is 56.7 cm³/mol. The number of benzene rings is 1. The van der Waals surface area contributed by atoms with E-state index in [4.69, 9.17) is 4.74 Å². The molecular weight excluding hydrogens is 204 g/mol. The number of hydrogen-bond acceptors (Lipinski definition) is 3. The zero-order valence-corrected chi connectivity index (χ0v) is 9.24. The zero-order chi connectivity index (χ0) is 11.6. The number of rotatable bonds is 0. The summed E-state index contributed by atoms with van der Waals surface area (Å²) in [4.78, 5) is 23.6. The molecule has 0 radical (unpaired) electrons. The molecule has 0 saturated carbocycles. The van der Waals surface area contributed by atoms with Gasteiger partial charge in [-0.25, -0.2) is 0 Å². The van der Waals surface area contributed by atoms with Crippen LogP contribution in [0, 0.1) is 5.41 Å². The third-order valence-electron chi connectivity index (χ3n) is 4.10. The molecule has 0 aromatic heterocycles. The van der Waals surface area contributed by atoms with Gasteiger partial charge in [-0.3, -0.25) is 9.59 Å². The van der Waals surface area contributed by atoms with Gasteiger partial charge in [0.05, 0.1) is 0 Å². The monoisotopic (exact) mass is 216 g/mol. The molecule has 2 atom stereocenters. The predicted octanol–water partition coefficient (Wildman–Crippen LogP) is 1.59. The average Bonchev–Trinajstić information content (AvgIpc) is 2.27. The van der Waals surface area contributed by atoms with Gasteiger partial charge in [0.15, 0.2) is 16.8 Å². The van der Waals surface area contributed by atoms with Crippen molar-refractivity contribution in [3.05, 3.63) is 35.4 Å². The van der Waals surface area contributed by atoms with E-state index in [9.17, 15) is 9.59 Å². The van der Waals surface area contributed by atoms with Gasteiger partial charge in [0.25, 0.3) is 0 Å². The van der Waals surface area contributed by atoms with E-state index < -0.39 is 17.0 Å². The molecule has 1 aromatic carbocycles. The first kappa shape index (κ1) is 9.58. The second-order valence-corrected chi connectivity index (χ2v) is 4.80. The molecule has 2 aliphatic rings. The van der Waals surface area contributed by atoms with Crippen molar-refractivity contribution < 1.29 is 14.3 Å². The molecule has 0 N–H and O–H groups in total. The Balaban J connectivity index is 2.27. The Bertz CT molecular complexity index is 520. The van der Waals surface area contributed by atoms with Crippen LogP contribution in [0.4, 0.5) is 0 Å². The van der Waals surface area contributed by atoms with Gasteiger partial charge in [0, 0.05) is 12.0 Å². The van der Waals surface area contributed by atoms with Crippen LogP contribution in [0.5, 0.6) is 0 Å². The molecule has 1 heterocycles. The van der Waals surface area contributed by atoms with Crippen molar-refractivity contribution >= 4 is 11.8 Å². The second kappa shape index (κ2) is 2.54. The van der Waals surface area contributed by atoms with E-state index in [0.29, 0.717) is 6.42 Å². The van der Waals surface area contributed by atoms with Crippen LogP contribution < -0.4 is 0 Å². The Morgan fingerprint density at radius 2 is 1.88 bits per heavy atom. The topological polar surface area (TPSA) is 43.4 Å². The molecule has 1 saturated heterocycles. The van der Waals surface area contributed by atoms with Crippen LogP contribution in [0.2, 0.25) is 0 Å². The van der Waals surface area contributed by atoms with Crippen LogP contribution in [-0.4, -0.2) is 11.8 Å². The van der Waals surface area contributed by atoms with Crippen molar-refractivity contribution in [2.45, 2.75) is 25.9 Å². The van der Waals surface area contributed by atoms with E-state index in [-0.39, 0.29) is 5.78 Å². The quantitative estimate of drug-likeness (QED) is 0.488. The van der Waals surface area contributed by atoms with Crippen molar-refractivity contribution in [1.29, 1.82) is 0 Å². The molecule has 1 aliphatic heterocycles. The first-order valence-corrected chi connectivity index (χ1v) is 5.35. The van der Waals surface area contributed by atoms with Gasteiger partial charge < -0.3 is 4.74 Å². The van der Waals surface area contributed by atoms with Gasteiger partial charge in [0.2, 0.25) is 0 Å². The number of carbonyl (C=O) groups excluding carboxylic acids is 2. The summed E-state index contributed by atoms with van der Waals surface area (Å²) in [6.07, 6.45) is 0.331. The summed E-state index contributed by atoms with van der Waals surface area (Å²) in [7, 11) is 0. The molecular formula is C13H12O3. The Labute approximate surface area is 93.4 Å². The number of esters is 1. The zero-order valence-electron chi connectivity index (χ0n) is 9.24. The van der Waals surface area contributed by atoms with Crippen molar-refractivity contribution in [2.75, 3.05) is 0 Å². The molecule has 1 aromatic rings. The van der Waals surface area contributed by atoms with E-state index in [1.165, 1.54) is 0 Å². The van der Waals surface area contributed by atoms with Gasteiger partial charge in [0.1, 0.15) is 0 Å². The minimum Gasteiger partial charge on any atom is -0.452 e. The van der Waals surface area contributed by atoms with Crippen molar-refractivity contribution in [3.63, 3.8) is 0 Å². The van der Waals surface area contributed by atoms with E-state index in [1.807, 2.05) is 31.2 Å². The largest absolute Gasteiger partial charge is 0.452 e. The highest BCUT2D eigenvalue weighted by molar-refractivity contribution is 6.10. The fraction of sp³-hybridized carbons (Fsp3) is 0.385. The van der Waals surface area contributed by atoms with Gasteiger partial charge >= 0.3 is 5.97 Å². The SMILES string of the molecule is CC12C(=O)Cc3ccccc3C1(C)OC2=O. The van der Waals surface area contributed by atoms with Crippen LogP contribution in [0.25, 0.3) is 0 Å². The maximum absolute atomic E-state index is 12.1. The van der Waals surface area contributed by atoms with Crippen LogP contribution in [0.3, 0.4) is 0 Å². The minimum atomic E-state index is -0.985. The lowest BCUT2D eigenvalue weighted by atomic mass is 9.58. The van der Waals surface area contributed by atoms with E-state index in [0.717, 1.165) is 11.1 Å². The molecule has 82 valence electrons. The Morgan fingerprint density at radius 3 is 2.56 bits per heavy atom. The summed E-state index contributed by atoms with van der Waals surface area (Å²) >= 11 is 0.